The second-order valence-electron chi connectivity index (χ2n) is 2.75. The van der Waals surface area contributed by atoms with Gasteiger partial charge in [-0.15, -0.1) is 0 Å². The number of hydrogen-bond donors (Lipinski definition) is 1. The lowest BCUT2D eigenvalue weighted by Gasteiger charge is -2.02. The van der Waals surface area contributed by atoms with Crippen LogP contribution in [0.15, 0.2) is 27.6 Å². The molecule has 2 nitrogen and oxygen atoms in total. The van der Waals surface area contributed by atoms with Gasteiger partial charge in [0.1, 0.15) is 0 Å². The predicted octanol–water partition coefficient (Wildman–Crippen LogP) is 3.08. The third-order valence-electron chi connectivity index (χ3n) is 1.88. The molecule has 0 saturated heterocycles. The van der Waals surface area contributed by atoms with Crippen LogP contribution < -0.4 is 5.43 Å². The molecule has 0 radical (unpaired) electrons. The Morgan fingerprint density at radius 3 is 2.93 bits per heavy atom. The van der Waals surface area contributed by atoms with Gasteiger partial charge in [-0.3, -0.25) is 4.79 Å². The minimum atomic E-state index is -0.688. The summed E-state index contributed by atoms with van der Waals surface area (Å²) in [7, 11) is 0. The van der Waals surface area contributed by atoms with Gasteiger partial charge in [0.25, 0.3) is 0 Å². The van der Waals surface area contributed by atoms with Crippen molar-refractivity contribution in [2.45, 2.75) is 0 Å². The monoisotopic (exact) mass is 275 g/mol. The average Bonchev–Trinajstić information content (AvgIpc) is 2.14. The van der Waals surface area contributed by atoms with Crippen molar-refractivity contribution in [1.29, 1.82) is 0 Å². The first-order valence-electron chi connectivity index (χ1n) is 3.76. The molecule has 0 fully saturated rings. The predicted molar refractivity (Wildman–Crippen MR) is 57.2 cm³/mol. The summed E-state index contributed by atoms with van der Waals surface area (Å²) >= 11 is 8.80. The first-order valence-corrected chi connectivity index (χ1v) is 4.93. The van der Waals surface area contributed by atoms with Crippen LogP contribution in [0.25, 0.3) is 10.9 Å². The van der Waals surface area contributed by atoms with Crippen LogP contribution in [0.5, 0.6) is 0 Å². The summed E-state index contributed by atoms with van der Waals surface area (Å²) < 4.78 is 14.0. The molecule has 1 N–H and O–H groups in total. The van der Waals surface area contributed by atoms with Gasteiger partial charge in [-0.1, -0.05) is 11.6 Å². The highest BCUT2D eigenvalue weighted by atomic mass is 79.9. The molecule has 72 valence electrons. The second kappa shape index (κ2) is 3.37. The quantitative estimate of drug-likeness (QED) is 0.737. The van der Waals surface area contributed by atoms with E-state index in [1.807, 2.05) is 0 Å². The molecule has 1 heterocycles. The Kier molecular flexibility index (Phi) is 2.33. The van der Waals surface area contributed by atoms with E-state index in [1.165, 1.54) is 18.3 Å². The summed E-state index contributed by atoms with van der Waals surface area (Å²) in [5, 5.41) is -0.0899. The number of halogens is 3. The Bertz CT molecular complexity index is 566. The fourth-order valence-electron chi connectivity index (χ4n) is 1.25. The zero-order chi connectivity index (χ0) is 10.3. The van der Waals surface area contributed by atoms with Crippen LogP contribution in [-0.4, -0.2) is 4.98 Å². The summed E-state index contributed by atoms with van der Waals surface area (Å²) in [5.41, 5.74) is 0.0267. The third-order valence-corrected chi connectivity index (χ3v) is 2.78. The van der Waals surface area contributed by atoms with Crippen LogP contribution in [0.3, 0.4) is 0 Å². The molecule has 0 atom stereocenters. The lowest BCUT2D eigenvalue weighted by Crippen LogP contribution is -2.03. The molecule has 0 amide bonds. The molecule has 5 heteroatoms. The number of aromatic amines is 1. The molecule has 0 spiro atoms. The smallest absolute Gasteiger partial charge is 0.192 e. The van der Waals surface area contributed by atoms with Gasteiger partial charge < -0.3 is 4.98 Å². The number of pyridine rings is 1. The average molecular weight is 276 g/mol. The van der Waals surface area contributed by atoms with Gasteiger partial charge in [-0.25, -0.2) is 4.39 Å². The van der Waals surface area contributed by atoms with Gasteiger partial charge in [0, 0.05) is 16.7 Å². The molecular formula is C9H4BrClFNO. The van der Waals surface area contributed by atoms with E-state index in [9.17, 15) is 9.18 Å². The Labute approximate surface area is 91.8 Å². The van der Waals surface area contributed by atoms with Crippen molar-refractivity contribution in [3.05, 3.63) is 43.9 Å². The topological polar surface area (TPSA) is 32.9 Å². The van der Waals surface area contributed by atoms with Crippen molar-refractivity contribution in [2.75, 3.05) is 0 Å². The fraction of sp³-hybridized carbons (Fsp3) is 0. The number of H-pyrrole nitrogens is 1. The summed E-state index contributed by atoms with van der Waals surface area (Å²) in [6.07, 6.45) is 1.46. The summed E-state index contributed by atoms with van der Waals surface area (Å²) in [5.74, 6) is -0.688. The standard InChI is InChI=1S/C9H4BrClFNO/c10-4-3-5(11)8(12)7-6(14)1-2-13-9(4)7/h1-3H,(H,13,14). The number of aromatic nitrogens is 1. The second-order valence-corrected chi connectivity index (χ2v) is 4.01. The zero-order valence-corrected chi connectivity index (χ0v) is 9.12. The maximum Gasteiger partial charge on any atom is 0.192 e. The van der Waals surface area contributed by atoms with E-state index in [0.29, 0.717) is 9.99 Å². The summed E-state index contributed by atoms with van der Waals surface area (Å²) in [4.78, 5) is 14.1. The molecule has 14 heavy (non-hydrogen) atoms. The molecule has 2 aromatic rings. The molecule has 1 aromatic carbocycles. The van der Waals surface area contributed by atoms with E-state index < -0.39 is 5.82 Å². The SMILES string of the molecule is O=c1cc[nH]c2c(Br)cc(Cl)c(F)c12. The maximum absolute atomic E-state index is 13.5. The van der Waals surface area contributed by atoms with E-state index in [4.69, 9.17) is 11.6 Å². The molecular weight excluding hydrogens is 272 g/mol. The number of nitrogens with one attached hydrogen (secondary N) is 1. The largest absolute Gasteiger partial charge is 0.360 e. The Morgan fingerprint density at radius 1 is 1.50 bits per heavy atom. The fourth-order valence-corrected chi connectivity index (χ4v) is 2.13. The van der Waals surface area contributed by atoms with Crippen LogP contribution in [0.2, 0.25) is 5.02 Å². The first kappa shape index (κ1) is 9.68. The molecule has 0 aliphatic rings. The number of rotatable bonds is 0. The Balaban J connectivity index is 3.11. The minimum Gasteiger partial charge on any atom is -0.360 e. The van der Waals surface area contributed by atoms with Crippen LogP contribution in [0.1, 0.15) is 0 Å². The van der Waals surface area contributed by atoms with Crippen LogP contribution in [-0.2, 0) is 0 Å². The van der Waals surface area contributed by atoms with Gasteiger partial charge in [0.15, 0.2) is 11.2 Å². The van der Waals surface area contributed by atoms with Gasteiger partial charge in [-0.05, 0) is 22.0 Å². The highest BCUT2D eigenvalue weighted by Crippen LogP contribution is 2.27. The lowest BCUT2D eigenvalue weighted by atomic mass is 10.2. The van der Waals surface area contributed by atoms with Crippen molar-refractivity contribution < 1.29 is 4.39 Å². The first-order chi connectivity index (χ1) is 6.61. The number of benzene rings is 1. The van der Waals surface area contributed by atoms with Crippen LogP contribution >= 0.6 is 27.5 Å². The Morgan fingerprint density at radius 2 is 2.21 bits per heavy atom. The van der Waals surface area contributed by atoms with Gasteiger partial charge in [-0.2, -0.15) is 0 Å². The third kappa shape index (κ3) is 1.35. The maximum atomic E-state index is 13.5. The van der Waals surface area contributed by atoms with Gasteiger partial charge in [0.05, 0.1) is 15.9 Å². The van der Waals surface area contributed by atoms with E-state index in [1.54, 1.807) is 0 Å². The van der Waals surface area contributed by atoms with Crippen molar-refractivity contribution in [3.63, 3.8) is 0 Å². The molecule has 2 rings (SSSR count). The lowest BCUT2D eigenvalue weighted by molar-refractivity contribution is 0.639. The molecule has 0 bridgehead atoms. The summed E-state index contributed by atoms with van der Waals surface area (Å²) in [6, 6.07) is 2.67. The van der Waals surface area contributed by atoms with E-state index >= 15 is 0 Å². The molecule has 0 aliphatic carbocycles. The van der Waals surface area contributed by atoms with E-state index in [0.717, 1.165) is 0 Å². The van der Waals surface area contributed by atoms with Crippen LogP contribution in [0.4, 0.5) is 4.39 Å². The molecule has 0 aliphatic heterocycles. The number of fused-ring (bicyclic) bond motifs is 1. The highest BCUT2D eigenvalue weighted by molar-refractivity contribution is 9.10. The van der Waals surface area contributed by atoms with Crippen molar-refractivity contribution in [1.82, 2.24) is 4.98 Å². The minimum absolute atomic E-state index is 0.0214. The summed E-state index contributed by atoms with van der Waals surface area (Å²) in [6.45, 7) is 0. The van der Waals surface area contributed by atoms with Crippen LogP contribution in [0, 0.1) is 5.82 Å². The van der Waals surface area contributed by atoms with Gasteiger partial charge in [0.2, 0.25) is 0 Å². The van der Waals surface area contributed by atoms with Crippen molar-refractivity contribution in [3.8, 4) is 0 Å². The Hall–Kier alpha value is -0.870. The van der Waals surface area contributed by atoms with Crippen molar-refractivity contribution >= 4 is 38.4 Å². The highest BCUT2D eigenvalue weighted by Gasteiger charge is 2.11. The molecule has 0 saturated carbocycles. The number of hydrogen-bond acceptors (Lipinski definition) is 1. The molecule has 1 aromatic heterocycles. The van der Waals surface area contributed by atoms with E-state index in [2.05, 4.69) is 20.9 Å². The van der Waals surface area contributed by atoms with Gasteiger partial charge >= 0.3 is 0 Å². The van der Waals surface area contributed by atoms with E-state index in [-0.39, 0.29) is 15.8 Å². The normalized spacial score (nSPS) is 10.8. The van der Waals surface area contributed by atoms with Crippen molar-refractivity contribution in [2.24, 2.45) is 0 Å². The zero-order valence-electron chi connectivity index (χ0n) is 6.77. The molecule has 0 unspecified atom stereocenters.